The van der Waals surface area contributed by atoms with E-state index in [-0.39, 0.29) is 43.5 Å². The molecule has 0 saturated carbocycles. The van der Waals surface area contributed by atoms with Crippen molar-refractivity contribution in [2.45, 2.75) is 5.54 Å². The Hall–Kier alpha value is -1.70. The van der Waals surface area contributed by atoms with Gasteiger partial charge in [-0.3, -0.25) is 10.1 Å². The van der Waals surface area contributed by atoms with E-state index in [1.54, 1.807) is 0 Å². The second-order valence-corrected chi connectivity index (χ2v) is 7.13. The van der Waals surface area contributed by atoms with Gasteiger partial charge in [0.25, 0.3) is 5.91 Å². The van der Waals surface area contributed by atoms with E-state index in [1.807, 2.05) is 60.7 Å². The van der Waals surface area contributed by atoms with Crippen molar-refractivity contribution in [3.8, 4) is 0 Å². The molecule has 1 saturated heterocycles. The van der Waals surface area contributed by atoms with Crippen molar-refractivity contribution in [3.63, 3.8) is 0 Å². The van der Waals surface area contributed by atoms with E-state index >= 15 is 0 Å². The molecular formula is C20H27N3NaO3+. The van der Waals surface area contributed by atoms with Crippen LogP contribution in [0.25, 0.3) is 0 Å². The van der Waals surface area contributed by atoms with Crippen LogP contribution in [0, 0.1) is 0 Å². The minimum Gasteiger partial charge on any atom is -1.00 e. The predicted octanol–water partition coefficient (Wildman–Crippen LogP) is -1.43. The Morgan fingerprint density at radius 2 is 1.37 bits per heavy atom. The fourth-order valence-electron chi connectivity index (χ4n) is 2.70. The van der Waals surface area contributed by atoms with Gasteiger partial charge >= 0.3 is 35.6 Å². The molecule has 0 radical (unpaired) electrons. The molecule has 0 unspecified atom stereocenters. The molecule has 27 heavy (non-hydrogen) atoms. The Kier molecular flexibility index (Phi) is 8.65. The molecule has 0 spiro atoms. The summed E-state index contributed by atoms with van der Waals surface area (Å²) in [5.41, 5.74) is 0.341. The van der Waals surface area contributed by atoms with Crippen LogP contribution >= 0.6 is 0 Å². The molecular weight excluding hydrogens is 353 g/mol. The molecule has 2 aromatic carbocycles. The standard InChI is InChI=1S/C15H12N2O2.C5H14NO.Na.H/c18-13-15(17-14(19)16-13,11-7-3-1-4-8-11)12-9-5-2-6-10-12;1-6(2,3)4-5-7;;/h1-10H,(H2,16,17,18,19);7H,4-5H2,1-3H3;;/q;2*+1;-1. The molecule has 0 aliphatic carbocycles. The number of amides is 3. The molecule has 3 amide bonds. The number of aliphatic hydroxyl groups excluding tert-OH is 1. The van der Waals surface area contributed by atoms with Gasteiger partial charge in [-0.1, -0.05) is 60.7 Å². The van der Waals surface area contributed by atoms with Gasteiger partial charge in [0.1, 0.15) is 6.54 Å². The van der Waals surface area contributed by atoms with Gasteiger partial charge in [0, 0.05) is 0 Å². The van der Waals surface area contributed by atoms with Gasteiger partial charge in [0.05, 0.1) is 27.7 Å². The number of benzene rings is 2. The molecule has 1 heterocycles. The average Bonchev–Trinajstić information content (AvgIpc) is 2.91. The number of carbonyl (C=O) groups is 2. The van der Waals surface area contributed by atoms with E-state index in [9.17, 15) is 9.59 Å². The molecule has 1 aliphatic heterocycles. The van der Waals surface area contributed by atoms with Crippen molar-refractivity contribution in [1.29, 1.82) is 0 Å². The first kappa shape index (κ1) is 23.3. The smallest absolute Gasteiger partial charge is 1.00 e. The molecule has 3 N–H and O–H groups in total. The maximum Gasteiger partial charge on any atom is 1.00 e. The number of imide groups is 1. The Labute approximate surface area is 183 Å². The normalized spacial score (nSPS) is 15.0. The van der Waals surface area contributed by atoms with Crippen LogP contribution in [0.3, 0.4) is 0 Å². The molecule has 140 valence electrons. The minimum absolute atomic E-state index is 0. The summed E-state index contributed by atoms with van der Waals surface area (Å²) in [5, 5.41) is 13.5. The van der Waals surface area contributed by atoms with Crippen LogP contribution in [-0.2, 0) is 10.3 Å². The van der Waals surface area contributed by atoms with Gasteiger partial charge in [-0.25, -0.2) is 4.79 Å². The molecule has 7 heteroatoms. The minimum atomic E-state index is -1.14. The van der Waals surface area contributed by atoms with Crippen LogP contribution in [0.15, 0.2) is 60.7 Å². The number of rotatable bonds is 4. The Morgan fingerprint density at radius 1 is 0.926 bits per heavy atom. The van der Waals surface area contributed by atoms with E-state index < -0.39 is 11.6 Å². The molecule has 0 bridgehead atoms. The number of carbonyl (C=O) groups excluding carboxylic acids is 2. The maximum atomic E-state index is 12.3. The summed E-state index contributed by atoms with van der Waals surface area (Å²) in [4.78, 5) is 23.9. The molecule has 3 rings (SSSR count). The number of hydrogen-bond donors (Lipinski definition) is 3. The number of quaternary nitrogens is 1. The molecule has 1 fully saturated rings. The SMILES string of the molecule is C[N+](C)(C)CCO.O=C1NC(=O)C(c2ccccc2)(c2ccccc2)N1.[H-].[Na+]. The van der Waals surface area contributed by atoms with Crippen LogP contribution in [0.1, 0.15) is 12.6 Å². The Morgan fingerprint density at radius 3 is 1.63 bits per heavy atom. The van der Waals surface area contributed by atoms with Crippen molar-refractivity contribution >= 4 is 11.9 Å². The number of aliphatic hydroxyl groups is 1. The summed E-state index contributed by atoms with van der Waals surface area (Å²) in [5.74, 6) is -0.352. The van der Waals surface area contributed by atoms with Gasteiger partial charge < -0.3 is 16.3 Å². The Balaban J connectivity index is 0.000000707. The zero-order valence-corrected chi connectivity index (χ0v) is 18.4. The number of nitrogens with one attached hydrogen (secondary N) is 2. The fraction of sp³-hybridized carbons (Fsp3) is 0.300. The second kappa shape index (κ2) is 10.0. The van der Waals surface area contributed by atoms with E-state index in [0.717, 1.165) is 22.2 Å². The Bertz CT molecular complexity index is 713. The van der Waals surface area contributed by atoms with Crippen LogP contribution in [-0.4, -0.2) is 55.8 Å². The monoisotopic (exact) mass is 380 g/mol. The summed E-state index contributed by atoms with van der Waals surface area (Å²) in [7, 11) is 6.16. The van der Waals surface area contributed by atoms with Crippen molar-refractivity contribution in [3.05, 3.63) is 71.8 Å². The number of nitrogens with zero attached hydrogens (tertiary/aromatic N) is 1. The number of hydrogen-bond acceptors (Lipinski definition) is 3. The third kappa shape index (κ3) is 5.89. The molecule has 1 aliphatic rings. The van der Waals surface area contributed by atoms with Gasteiger partial charge in [0.15, 0.2) is 5.54 Å². The topological polar surface area (TPSA) is 78.4 Å². The number of likely N-dealkylation sites (N-methyl/N-ethyl adjacent to an activating group) is 1. The molecule has 2 aromatic rings. The fourth-order valence-corrected chi connectivity index (χ4v) is 2.70. The van der Waals surface area contributed by atoms with Crippen LogP contribution in [0.2, 0.25) is 0 Å². The van der Waals surface area contributed by atoms with Crippen molar-refractivity contribution < 1.29 is 50.2 Å². The van der Waals surface area contributed by atoms with Crippen molar-refractivity contribution in [2.75, 3.05) is 34.3 Å². The van der Waals surface area contributed by atoms with Crippen LogP contribution < -0.4 is 40.2 Å². The summed E-state index contributed by atoms with van der Waals surface area (Å²) in [6.07, 6.45) is 0. The maximum absolute atomic E-state index is 12.3. The average molecular weight is 380 g/mol. The first-order chi connectivity index (χ1) is 12.3. The van der Waals surface area contributed by atoms with Gasteiger partial charge in [-0.2, -0.15) is 0 Å². The van der Waals surface area contributed by atoms with Crippen LogP contribution in [0.4, 0.5) is 4.79 Å². The summed E-state index contributed by atoms with van der Waals surface area (Å²) in [6.45, 7) is 1.11. The van der Waals surface area contributed by atoms with E-state index in [0.29, 0.717) is 0 Å². The molecule has 0 aromatic heterocycles. The summed E-state index contributed by atoms with van der Waals surface area (Å²) < 4.78 is 0.844. The van der Waals surface area contributed by atoms with E-state index in [1.165, 1.54) is 0 Å². The van der Waals surface area contributed by atoms with Crippen molar-refractivity contribution in [2.24, 2.45) is 0 Å². The summed E-state index contributed by atoms with van der Waals surface area (Å²) >= 11 is 0. The van der Waals surface area contributed by atoms with Gasteiger partial charge in [-0.15, -0.1) is 0 Å². The van der Waals surface area contributed by atoms with Gasteiger partial charge in [0.2, 0.25) is 0 Å². The summed E-state index contributed by atoms with van der Waals surface area (Å²) in [6, 6.07) is 18.0. The molecule has 6 nitrogen and oxygen atoms in total. The quantitative estimate of drug-likeness (QED) is 0.346. The van der Waals surface area contributed by atoms with Gasteiger partial charge in [-0.05, 0) is 11.1 Å². The van der Waals surface area contributed by atoms with Crippen LogP contribution in [0.5, 0.6) is 0 Å². The molecule has 0 atom stereocenters. The third-order valence-electron chi connectivity index (χ3n) is 4.05. The predicted molar refractivity (Wildman–Crippen MR) is 101 cm³/mol. The van der Waals surface area contributed by atoms with Crippen molar-refractivity contribution in [1.82, 2.24) is 10.6 Å². The zero-order chi connectivity index (χ0) is 19.2. The first-order valence-electron chi connectivity index (χ1n) is 8.45. The first-order valence-corrected chi connectivity index (χ1v) is 8.45. The van der Waals surface area contributed by atoms with E-state index in [2.05, 4.69) is 31.8 Å². The third-order valence-corrected chi connectivity index (χ3v) is 4.05. The van der Waals surface area contributed by atoms with E-state index in [4.69, 9.17) is 5.11 Å². The second-order valence-electron chi connectivity index (χ2n) is 7.13. The zero-order valence-electron chi connectivity index (χ0n) is 17.4. The number of urea groups is 1. The largest absolute Gasteiger partial charge is 1.00 e.